The molecule has 1 amide bonds. The fourth-order valence-corrected chi connectivity index (χ4v) is 3.96. The molecule has 0 spiro atoms. The van der Waals surface area contributed by atoms with E-state index in [0.717, 1.165) is 25.7 Å². The SMILES string of the molecule is COC(=O)c1nc(NC2C[C@H]3CC[C@@H](C2)N3C(=O)O)ccc1Br. The predicted molar refractivity (Wildman–Crippen MR) is 86.6 cm³/mol. The number of pyridine rings is 1. The number of piperidine rings is 1. The van der Waals surface area contributed by atoms with Gasteiger partial charge in [-0.1, -0.05) is 0 Å². The molecule has 0 saturated carbocycles. The van der Waals surface area contributed by atoms with E-state index >= 15 is 0 Å². The number of fused-ring (bicyclic) bond motifs is 2. The van der Waals surface area contributed by atoms with Gasteiger partial charge < -0.3 is 20.1 Å². The Morgan fingerprint density at radius 2 is 2.00 bits per heavy atom. The Bertz CT molecular complexity index is 625. The second-order valence-corrected chi connectivity index (χ2v) is 6.76. The summed E-state index contributed by atoms with van der Waals surface area (Å²) >= 11 is 3.29. The van der Waals surface area contributed by atoms with Crippen molar-refractivity contribution in [2.75, 3.05) is 12.4 Å². The summed E-state index contributed by atoms with van der Waals surface area (Å²) < 4.78 is 5.29. The summed E-state index contributed by atoms with van der Waals surface area (Å²) in [4.78, 5) is 28.9. The van der Waals surface area contributed by atoms with E-state index in [1.807, 2.05) is 0 Å². The molecular weight excluding hydrogens is 366 g/mol. The van der Waals surface area contributed by atoms with E-state index in [1.54, 1.807) is 17.0 Å². The maximum Gasteiger partial charge on any atom is 0.407 e. The van der Waals surface area contributed by atoms with Crippen LogP contribution in [0.15, 0.2) is 16.6 Å². The van der Waals surface area contributed by atoms with Crippen LogP contribution in [0.1, 0.15) is 36.2 Å². The highest BCUT2D eigenvalue weighted by Gasteiger charge is 2.43. The number of hydrogen-bond acceptors (Lipinski definition) is 5. The van der Waals surface area contributed by atoms with Gasteiger partial charge in [-0.15, -0.1) is 0 Å². The molecule has 1 aromatic rings. The molecule has 0 radical (unpaired) electrons. The lowest BCUT2D eigenvalue weighted by molar-refractivity contribution is 0.0592. The molecule has 23 heavy (non-hydrogen) atoms. The number of nitrogens with one attached hydrogen (secondary N) is 1. The molecule has 2 bridgehead atoms. The van der Waals surface area contributed by atoms with Crippen LogP contribution >= 0.6 is 15.9 Å². The Balaban J connectivity index is 1.72. The van der Waals surface area contributed by atoms with Gasteiger partial charge in [0.15, 0.2) is 5.69 Å². The minimum Gasteiger partial charge on any atom is -0.465 e. The summed E-state index contributed by atoms with van der Waals surface area (Å²) in [5.41, 5.74) is 0.225. The van der Waals surface area contributed by atoms with E-state index < -0.39 is 12.1 Å². The molecule has 3 rings (SSSR count). The molecule has 2 saturated heterocycles. The number of halogens is 1. The van der Waals surface area contributed by atoms with Gasteiger partial charge in [0.05, 0.1) is 11.6 Å². The topological polar surface area (TPSA) is 91.8 Å². The molecule has 7 nitrogen and oxygen atoms in total. The van der Waals surface area contributed by atoms with Crippen LogP contribution in [0.2, 0.25) is 0 Å². The van der Waals surface area contributed by atoms with E-state index in [0.29, 0.717) is 10.3 Å². The fraction of sp³-hybridized carbons (Fsp3) is 0.533. The Labute approximate surface area is 142 Å². The standard InChI is InChI=1S/C15H18BrN3O4/c1-23-14(20)13-11(16)4-5-12(18-13)17-8-6-9-2-3-10(7-8)19(9)15(21)22/h4-5,8-10H,2-3,6-7H2,1H3,(H,17,18)(H,21,22)/t8?,9-,10+. The van der Waals surface area contributed by atoms with Crippen LogP contribution in [-0.2, 0) is 4.74 Å². The number of carbonyl (C=O) groups excluding carboxylic acids is 1. The van der Waals surface area contributed by atoms with Gasteiger partial charge in [-0.3, -0.25) is 0 Å². The Morgan fingerprint density at radius 3 is 2.57 bits per heavy atom. The molecule has 0 aliphatic carbocycles. The van der Waals surface area contributed by atoms with Crippen molar-refractivity contribution in [1.29, 1.82) is 0 Å². The Hall–Kier alpha value is -1.83. The third kappa shape index (κ3) is 3.12. The first-order valence-electron chi connectivity index (χ1n) is 7.52. The van der Waals surface area contributed by atoms with Crippen LogP contribution < -0.4 is 5.32 Å². The van der Waals surface area contributed by atoms with Gasteiger partial charge in [0.2, 0.25) is 0 Å². The number of hydrogen-bond donors (Lipinski definition) is 2. The summed E-state index contributed by atoms with van der Waals surface area (Å²) in [6, 6.07) is 3.84. The van der Waals surface area contributed by atoms with Crippen LogP contribution in [0.3, 0.4) is 0 Å². The lowest BCUT2D eigenvalue weighted by Crippen LogP contribution is -2.49. The van der Waals surface area contributed by atoms with Crippen molar-refractivity contribution in [2.24, 2.45) is 0 Å². The normalized spacial score (nSPS) is 26.0. The van der Waals surface area contributed by atoms with Crippen molar-refractivity contribution >= 4 is 33.8 Å². The van der Waals surface area contributed by atoms with Crippen molar-refractivity contribution in [1.82, 2.24) is 9.88 Å². The molecule has 2 aliphatic rings. The van der Waals surface area contributed by atoms with E-state index in [-0.39, 0.29) is 23.8 Å². The number of aromatic nitrogens is 1. The highest BCUT2D eigenvalue weighted by molar-refractivity contribution is 9.10. The van der Waals surface area contributed by atoms with E-state index in [9.17, 15) is 14.7 Å². The average molecular weight is 384 g/mol. The van der Waals surface area contributed by atoms with Crippen molar-refractivity contribution < 1.29 is 19.4 Å². The Kier molecular flexibility index (Phi) is 4.43. The van der Waals surface area contributed by atoms with Crippen molar-refractivity contribution in [3.63, 3.8) is 0 Å². The highest BCUT2D eigenvalue weighted by Crippen LogP contribution is 2.36. The van der Waals surface area contributed by atoms with Crippen LogP contribution in [-0.4, -0.2) is 52.3 Å². The van der Waals surface area contributed by atoms with Crippen molar-refractivity contribution in [2.45, 2.75) is 43.8 Å². The fourth-order valence-electron chi connectivity index (χ4n) is 3.58. The summed E-state index contributed by atoms with van der Waals surface area (Å²) in [5.74, 6) is 0.100. The molecule has 0 aromatic carbocycles. The van der Waals surface area contributed by atoms with E-state index in [2.05, 4.69) is 26.2 Å². The van der Waals surface area contributed by atoms with Crippen LogP contribution in [0.5, 0.6) is 0 Å². The van der Waals surface area contributed by atoms with Gasteiger partial charge in [0.1, 0.15) is 5.82 Å². The first kappa shape index (κ1) is 16.0. The first-order chi connectivity index (χ1) is 11.0. The number of nitrogens with zero attached hydrogens (tertiary/aromatic N) is 2. The zero-order chi connectivity index (χ0) is 16.6. The van der Waals surface area contributed by atoms with Crippen molar-refractivity contribution in [3.8, 4) is 0 Å². The number of esters is 1. The molecule has 124 valence electrons. The Morgan fingerprint density at radius 1 is 1.35 bits per heavy atom. The second kappa shape index (κ2) is 6.35. The monoisotopic (exact) mass is 383 g/mol. The zero-order valence-corrected chi connectivity index (χ0v) is 14.2. The number of rotatable bonds is 3. The number of methoxy groups -OCH3 is 1. The molecule has 2 fully saturated rings. The lowest BCUT2D eigenvalue weighted by atomic mass is 9.98. The molecular formula is C15H18BrN3O4. The number of carboxylic acid groups (broad SMARTS) is 1. The maximum atomic E-state index is 11.7. The second-order valence-electron chi connectivity index (χ2n) is 5.91. The molecule has 2 aliphatic heterocycles. The lowest BCUT2D eigenvalue weighted by Gasteiger charge is -2.37. The maximum absolute atomic E-state index is 11.7. The van der Waals surface area contributed by atoms with Crippen LogP contribution in [0.4, 0.5) is 10.6 Å². The number of amides is 1. The average Bonchev–Trinajstić information content (AvgIpc) is 2.80. The van der Waals surface area contributed by atoms with Gasteiger partial charge in [-0.25, -0.2) is 14.6 Å². The molecule has 8 heteroatoms. The quantitative estimate of drug-likeness (QED) is 0.779. The van der Waals surface area contributed by atoms with E-state index in [1.165, 1.54) is 7.11 Å². The minimum absolute atomic E-state index is 0.0688. The summed E-state index contributed by atoms with van der Waals surface area (Å²) in [7, 11) is 1.32. The van der Waals surface area contributed by atoms with Gasteiger partial charge >= 0.3 is 12.1 Å². The molecule has 1 aromatic heterocycles. The third-order valence-corrected chi connectivity index (χ3v) is 5.17. The van der Waals surface area contributed by atoms with Gasteiger partial charge in [0, 0.05) is 18.1 Å². The molecule has 1 unspecified atom stereocenters. The number of carbonyl (C=O) groups is 2. The van der Waals surface area contributed by atoms with Gasteiger partial charge in [-0.2, -0.15) is 0 Å². The van der Waals surface area contributed by atoms with Gasteiger partial charge in [-0.05, 0) is 53.7 Å². The summed E-state index contributed by atoms with van der Waals surface area (Å²) in [5, 5.41) is 12.6. The molecule has 3 heterocycles. The van der Waals surface area contributed by atoms with Crippen LogP contribution in [0.25, 0.3) is 0 Å². The largest absolute Gasteiger partial charge is 0.465 e. The molecule has 2 N–H and O–H groups in total. The van der Waals surface area contributed by atoms with Crippen molar-refractivity contribution in [3.05, 3.63) is 22.3 Å². The third-order valence-electron chi connectivity index (χ3n) is 4.53. The van der Waals surface area contributed by atoms with E-state index in [4.69, 9.17) is 4.74 Å². The van der Waals surface area contributed by atoms with Gasteiger partial charge in [0.25, 0.3) is 0 Å². The number of ether oxygens (including phenoxy) is 1. The molecule has 3 atom stereocenters. The summed E-state index contributed by atoms with van der Waals surface area (Å²) in [6.07, 6.45) is 2.51. The zero-order valence-electron chi connectivity index (χ0n) is 12.7. The first-order valence-corrected chi connectivity index (χ1v) is 8.31. The smallest absolute Gasteiger partial charge is 0.407 e. The number of anilines is 1. The highest BCUT2D eigenvalue weighted by atomic mass is 79.9. The summed E-state index contributed by atoms with van der Waals surface area (Å²) in [6.45, 7) is 0. The predicted octanol–water partition coefficient (Wildman–Crippen LogP) is 2.72. The minimum atomic E-state index is -0.828. The van der Waals surface area contributed by atoms with Crippen LogP contribution in [0, 0.1) is 0 Å².